The van der Waals surface area contributed by atoms with Crippen molar-refractivity contribution in [3.8, 4) is 17.1 Å². The van der Waals surface area contributed by atoms with Crippen molar-refractivity contribution in [1.82, 2.24) is 34.7 Å². The number of para-hydroxylation sites is 1. The second-order valence-corrected chi connectivity index (χ2v) is 7.56. The van der Waals surface area contributed by atoms with E-state index in [1.165, 1.54) is 0 Å². The maximum atomic E-state index is 13.5. The van der Waals surface area contributed by atoms with Crippen molar-refractivity contribution in [2.45, 2.75) is 39.7 Å². The summed E-state index contributed by atoms with van der Waals surface area (Å²) < 4.78 is 3.45. The Kier molecular flexibility index (Phi) is 5.76. The number of pyridine rings is 1. The SMILES string of the molecule is CCCCc1cn(-c2c(C)cccc2Cl)c(=O)n1Cc1ccncc1-c1nnn[nH]1. The average molecular weight is 424 g/mol. The first kappa shape index (κ1) is 20.0. The molecular formula is C21H22ClN7O. The second-order valence-electron chi connectivity index (χ2n) is 7.15. The fourth-order valence-corrected chi connectivity index (χ4v) is 3.87. The van der Waals surface area contributed by atoms with E-state index >= 15 is 0 Å². The third-order valence-corrected chi connectivity index (χ3v) is 5.42. The monoisotopic (exact) mass is 423 g/mol. The van der Waals surface area contributed by atoms with Gasteiger partial charge in [-0.1, -0.05) is 37.1 Å². The van der Waals surface area contributed by atoms with Crippen LogP contribution in [-0.4, -0.2) is 34.7 Å². The molecule has 0 spiro atoms. The molecule has 0 fully saturated rings. The average Bonchev–Trinajstić information content (AvgIpc) is 3.37. The zero-order valence-electron chi connectivity index (χ0n) is 16.8. The Morgan fingerprint density at radius 3 is 2.83 bits per heavy atom. The molecule has 8 nitrogen and oxygen atoms in total. The maximum absolute atomic E-state index is 13.5. The van der Waals surface area contributed by atoms with Crippen LogP contribution in [0.3, 0.4) is 0 Å². The first-order valence-corrected chi connectivity index (χ1v) is 10.2. The summed E-state index contributed by atoms with van der Waals surface area (Å²) in [6, 6.07) is 7.52. The van der Waals surface area contributed by atoms with Gasteiger partial charge in [-0.2, -0.15) is 0 Å². The molecule has 154 valence electrons. The number of halogens is 1. The molecule has 4 aromatic rings. The molecule has 0 aliphatic rings. The maximum Gasteiger partial charge on any atom is 0.333 e. The van der Waals surface area contributed by atoms with Gasteiger partial charge in [0.15, 0.2) is 5.82 Å². The minimum Gasteiger partial charge on any atom is -0.292 e. The van der Waals surface area contributed by atoms with Crippen molar-refractivity contribution in [2.75, 3.05) is 0 Å². The van der Waals surface area contributed by atoms with Crippen molar-refractivity contribution in [3.63, 3.8) is 0 Å². The molecule has 0 radical (unpaired) electrons. The largest absolute Gasteiger partial charge is 0.333 e. The van der Waals surface area contributed by atoms with E-state index in [9.17, 15) is 4.79 Å². The van der Waals surface area contributed by atoms with Crippen molar-refractivity contribution in [3.05, 3.63) is 75.2 Å². The number of hydrogen-bond acceptors (Lipinski definition) is 5. The predicted molar refractivity (Wildman–Crippen MR) is 115 cm³/mol. The standard InChI is InChI=1S/C21H22ClN7O/c1-3-4-7-16-13-29(19-14(2)6-5-8-18(19)22)21(30)28(16)12-15-9-10-23-11-17(15)20-24-26-27-25-20/h5-6,8-11,13H,3-4,7,12H2,1-2H3,(H,24,25,26,27). The van der Waals surface area contributed by atoms with Gasteiger partial charge in [-0.15, -0.1) is 5.10 Å². The Balaban J connectivity index is 1.83. The van der Waals surface area contributed by atoms with E-state index in [1.54, 1.807) is 27.6 Å². The third kappa shape index (κ3) is 3.78. The zero-order valence-corrected chi connectivity index (χ0v) is 17.6. The molecule has 0 aliphatic carbocycles. The lowest BCUT2D eigenvalue weighted by molar-refractivity contribution is 0.673. The van der Waals surface area contributed by atoms with Crippen LogP contribution in [0.25, 0.3) is 17.1 Å². The number of hydrogen-bond donors (Lipinski definition) is 1. The van der Waals surface area contributed by atoms with Gasteiger partial charge in [0.05, 0.1) is 17.3 Å². The van der Waals surface area contributed by atoms with E-state index in [2.05, 4.69) is 32.5 Å². The first-order chi connectivity index (χ1) is 14.6. The molecule has 0 aliphatic heterocycles. The van der Waals surface area contributed by atoms with Gasteiger partial charge in [0, 0.05) is 29.8 Å². The summed E-state index contributed by atoms with van der Waals surface area (Å²) in [6.45, 7) is 4.47. The molecule has 0 bridgehead atoms. The molecule has 0 saturated heterocycles. The van der Waals surface area contributed by atoms with Crippen molar-refractivity contribution < 1.29 is 0 Å². The number of unbranched alkanes of at least 4 members (excludes halogenated alkanes) is 1. The third-order valence-electron chi connectivity index (χ3n) is 5.12. The molecule has 0 unspecified atom stereocenters. The van der Waals surface area contributed by atoms with Gasteiger partial charge in [0.2, 0.25) is 0 Å². The Morgan fingerprint density at radius 1 is 1.23 bits per heavy atom. The van der Waals surface area contributed by atoms with Gasteiger partial charge >= 0.3 is 5.69 Å². The molecule has 1 N–H and O–H groups in total. The van der Waals surface area contributed by atoms with Crippen LogP contribution in [-0.2, 0) is 13.0 Å². The zero-order chi connectivity index (χ0) is 21.1. The Labute approximate surface area is 178 Å². The van der Waals surface area contributed by atoms with Gasteiger partial charge in [-0.25, -0.2) is 9.89 Å². The fraction of sp³-hybridized carbons (Fsp3) is 0.286. The van der Waals surface area contributed by atoms with Crippen LogP contribution in [0.2, 0.25) is 5.02 Å². The Bertz CT molecular complexity index is 1190. The summed E-state index contributed by atoms with van der Waals surface area (Å²) >= 11 is 6.45. The number of rotatable bonds is 7. The highest BCUT2D eigenvalue weighted by Gasteiger charge is 2.18. The summed E-state index contributed by atoms with van der Waals surface area (Å²) in [7, 11) is 0. The lowest BCUT2D eigenvalue weighted by Gasteiger charge is -2.10. The van der Waals surface area contributed by atoms with Crippen LogP contribution < -0.4 is 5.69 Å². The highest BCUT2D eigenvalue weighted by Crippen LogP contribution is 2.24. The number of imidazole rings is 1. The van der Waals surface area contributed by atoms with Crippen molar-refractivity contribution in [1.29, 1.82) is 0 Å². The van der Waals surface area contributed by atoms with E-state index in [-0.39, 0.29) is 5.69 Å². The van der Waals surface area contributed by atoms with E-state index < -0.39 is 0 Å². The Morgan fingerprint density at radius 2 is 2.10 bits per heavy atom. The summed E-state index contributed by atoms with van der Waals surface area (Å²) in [5, 5.41) is 14.6. The molecule has 30 heavy (non-hydrogen) atoms. The molecule has 0 atom stereocenters. The van der Waals surface area contributed by atoms with E-state index in [1.807, 2.05) is 31.3 Å². The predicted octanol–water partition coefficient (Wildman–Crippen LogP) is 3.57. The highest BCUT2D eigenvalue weighted by molar-refractivity contribution is 6.32. The molecule has 3 aromatic heterocycles. The van der Waals surface area contributed by atoms with Crippen molar-refractivity contribution >= 4 is 11.6 Å². The smallest absolute Gasteiger partial charge is 0.292 e. The number of aryl methyl sites for hydroxylation is 2. The van der Waals surface area contributed by atoms with Crippen molar-refractivity contribution in [2.24, 2.45) is 0 Å². The molecular weight excluding hydrogens is 402 g/mol. The van der Waals surface area contributed by atoms with Gasteiger partial charge in [-0.05, 0) is 53.5 Å². The lowest BCUT2D eigenvalue weighted by atomic mass is 10.1. The normalized spacial score (nSPS) is 11.2. The van der Waals surface area contributed by atoms with E-state index in [0.717, 1.165) is 47.3 Å². The minimum absolute atomic E-state index is 0.129. The Hall–Kier alpha value is -3.26. The quantitative estimate of drug-likeness (QED) is 0.490. The molecule has 0 amide bonds. The van der Waals surface area contributed by atoms with Gasteiger partial charge < -0.3 is 0 Å². The second kappa shape index (κ2) is 8.62. The number of H-pyrrole nitrogens is 1. The molecule has 3 heterocycles. The molecule has 1 aromatic carbocycles. The van der Waals surface area contributed by atoms with E-state index in [0.29, 0.717) is 17.4 Å². The summed E-state index contributed by atoms with van der Waals surface area (Å²) in [5.41, 5.74) is 4.15. The molecule has 0 saturated carbocycles. The van der Waals surface area contributed by atoms with Gasteiger partial charge in [0.1, 0.15) is 0 Å². The molecule has 4 rings (SSSR count). The minimum atomic E-state index is -0.129. The lowest BCUT2D eigenvalue weighted by Crippen LogP contribution is -2.25. The van der Waals surface area contributed by atoms with Crippen LogP contribution in [0.5, 0.6) is 0 Å². The highest BCUT2D eigenvalue weighted by atomic mass is 35.5. The van der Waals surface area contributed by atoms with Gasteiger partial charge in [0.25, 0.3) is 0 Å². The van der Waals surface area contributed by atoms with Crippen LogP contribution in [0, 0.1) is 6.92 Å². The topological polar surface area (TPSA) is 94.3 Å². The van der Waals surface area contributed by atoms with E-state index in [4.69, 9.17) is 11.6 Å². The van der Waals surface area contributed by atoms with Crippen LogP contribution in [0.15, 0.2) is 47.7 Å². The fourth-order valence-electron chi connectivity index (χ4n) is 3.56. The number of nitrogens with one attached hydrogen (secondary N) is 1. The van der Waals surface area contributed by atoms with Crippen LogP contribution >= 0.6 is 11.6 Å². The number of aromatic amines is 1. The number of tetrazole rings is 1. The summed E-state index contributed by atoms with van der Waals surface area (Å²) in [5.74, 6) is 0.516. The molecule has 9 heteroatoms. The van der Waals surface area contributed by atoms with Crippen LogP contribution in [0.4, 0.5) is 0 Å². The van der Waals surface area contributed by atoms with Crippen LogP contribution in [0.1, 0.15) is 36.6 Å². The number of benzene rings is 1. The number of aromatic nitrogens is 7. The summed E-state index contributed by atoms with van der Waals surface area (Å²) in [4.78, 5) is 17.7. The van der Waals surface area contributed by atoms with Gasteiger partial charge in [-0.3, -0.25) is 14.1 Å². The summed E-state index contributed by atoms with van der Waals surface area (Å²) in [6.07, 6.45) is 8.13. The number of nitrogens with zero attached hydrogens (tertiary/aromatic N) is 6. The first-order valence-electron chi connectivity index (χ1n) is 9.83.